The molecule has 0 radical (unpaired) electrons. The first-order valence-corrected chi connectivity index (χ1v) is 10.7. The minimum atomic E-state index is -0.339. The average Bonchev–Trinajstić information content (AvgIpc) is 3.38. The number of nitrogens with one attached hydrogen (secondary N) is 2. The average molecular weight is 431 g/mol. The van der Waals surface area contributed by atoms with Crippen LogP contribution in [-0.2, 0) is 0 Å². The van der Waals surface area contributed by atoms with Crippen molar-refractivity contribution in [3.05, 3.63) is 114 Å². The van der Waals surface area contributed by atoms with E-state index < -0.39 is 0 Å². The number of carbonyl (C=O) groups is 1. The highest BCUT2D eigenvalue weighted by Crippen LogP contribution is 2.27. The van der Waals surface area contributed by atoms with Crippen LogP contribution in [0.4, 0.5) is 0 Å². The van der Waals surface area contributed by atoms with Gasteiger partial charge < -0.3 is 0 Å². The molecule has 0 saturated carbocycles. The number of H-pyrrole nitrogens is 1. The smallest absolute Gasteiger partial charge is 0.272 e. The van der Waals surface area contributed by atoms with E-state index in [0.29, 0.717) is 11.4 Å². The Morgan fingerprint density at radius 1 is 0.818 bits per heavy atom. The number of hydrogen-bond acceptors (Lipinski definition) is 3. The van der Waals surface area contributed by atoms with E-state index in [-0.39, 0.29) is 5.91 Å². The molecule has 0 aliphatic rings. The van der Waals surface area contributed by atoms with Crippen molar-refractivity contribution in [3.8, 4) is 22.4 Å². The third kappa shape index (κ3) is 4.29. The predicted molar refractivity (Wildman–Crippen MR) is 133 cm³/mol. The molecule has 0 aliphatic heterocycles. The zero-order valence-corrected chi connectivity index (χ0v) is 18.1. The van der Waals surface area contributed by atoms with E-state index in [2.05, 4.69) is 63.2 Å². The number of aromatic nitrogens is 2. The maximum Gasteiger partial charge on any atom is 0.289 e. The van der Waals surface area contributed by atoms with Crippen molar-refractivity contribution >= 4 is 22.4 Å². The fraction of sp³-hybridized carbons (Fsp3) is 0.0357. The van der Waals surface area contributed by atoms with Gasteiger partial charge in [0.1, 0.15) is 5.69 Å². The van der Waals surface area contributed by atoms with Gasteiger partial charge in [-0.2, -0.15) is 10.2 Å². The molecule has 5 aromatic rings. The molecule has 1 heterocycles. The Balaban J connectivity index is 1.31. The minimum absolute atomic E-state index is 0.339. The first-order valence-electron chi connectivity index (χ1n) is 10.7. The first-order chi connectivity index (χ1) is 16.2. The van der Waals surface area contributed by atoms with Gasteiger partial charge in [0.05, 0.1) is 11.4 Å². The van der Waals surface area contributed by atoms with Crippen molar-refractivity contribution in [3.63, 3.8) is 0 Å². The van der Waals surface area contributed by atoms with Crippen molar-refractivity contribution in [1.82, 2.24) is 15.6 Å². The van der Waals surface area contributed by atoms with Gasteiger partial charge in [-0.15, -0.1) is 0 Å². The van der Waals surface area contributed by atoms with Gasteiger partial charge in [0.25, 0.3) is 5.91 Å². The van der Waals surface area contributed by atoms with Crippen molar-refractivity contribution < 1.29 is 4.79 Å². The molecule has 5 heteroatoms. The van der Waals surface area contributed by atoms with E-state index in [1.807, 2.05) is 61.5 Å². The Morgan fingerprint density at radius 2 is 1.52 bits per heavy atom. The third-order valence-corrected chi connectivity index (χ3v) is 5.62. The van der Waals surface area contributed by atoms with Gasteiger partial charge in [0, 0.05) is 5.56 Å². The third-order valence-electron chi connectivity index (χ3n) is 5.62. The van der Waals surface area contributed by atoms with Crippen LogP contribution < -0.4 is 5.43 Å². The van der Waals surface area contributed by atoms with E-state index in [1.165, 1.54) is 0 Å². The number of hydrazone groups is 1. The highest BCUT2D eigenvalue weighted by Gasteiger charge is 2.12. The van der Waals surface area contributed by atoms with Crippen LogP contribution in [0.3, 0.4) is 0 Å². The standard InChI is InChI=1S/C28H22N4O/c1-19(20-14-16-22(17-15-20)21-8-3-2-4-9-21)29-32-28(33)27-18-26(30-31-27)25-13-7-11-23-10-5-6-12-24(23)25/h2-18H,1H3,(H,30,31)(H,32,33)/b29-19-. The second-order valence-electron chi connectivity index (χ2n) is 7.78. The van der Waals surface area contributed by atoms with Crippen LogP contribution in [0.25, 0.3) is 33.2 Å². The predicted octanol–water partition coefficient (Wildman–Crippen LogP) is 6.05. The van der Waals surface area contributed by atoms with Gasteiger partial charge in [-0.1, -0.05) is 97.1 Å². The molecular formula is C28H22N4O. The Hall–Kier alpha value is -4.51. The normalized spacial score (nSPS) is 11.5. The summed E-state index contributed by atoms with van der Waals surface area (Å²) in [5.41, 5.74) is 8.62. The Bertz CT molecular complexity index is 1450. The molecule has 5 nitrogen and oxygen atoms in total. The summed E-state index contributed by atoms with van der Waals surface area (Å²) in [6.07, 6.45) is 0. The molecule has 2 N–H and O–H groups in total. The number of rotatable bonds is 5. The van der Waals surface area contributed by atoms with Gasteiger partial charge in [0.2, 0.25) is 0 Å². The minimum Gasteiger partial charge on any atom is -0.272 e. The van der Waals surface area contributed by atoms with Crippen molar-refractivity contribution in [2.75, 3.05) is 0 Å². The van der Waals surface area contributed by atoms with Crippen LogP contribution >= 0.6 is 0 Å². The Kier molecular flexibility index (Phi) is 5.52. The fourth-order valence-corrected chi connectivity index (χ4v) is 3.82. The summed E-state index contributed by atoms with van der Waals surface area (Å²) >= 11 is 0. The maximum absolute atomic E-state index is 12.6. The lowest BCUT2D eigenvalue weighted by atomic mass is 10.0. The summed E-state index contributed by atoms with van der Waals surface area (Å²) < 4.78 is 0. The zero-order chi connectivity index (χ0) is 22.6. The number of nitrogens with zero attached hydrogens (tertiary/aromatic N) is 2. The molecule has 5 rings (SSSR count). The van der Waals surface area contributed by atoms with E-state index in [0.717, 1.165) is 38.7 Å². The van der Waals surface area contributed by atoms with Crippen molar-refractivity contribution in [1.29, 1.82) is 0 Å². The molecule has 0 saturated heterocycles. The van der Waals surface area contributed by atoms with Gasteiger partial charge in [-0.25, -0.2) is 5.43 Å². The largest absolute Gasteiger partial charge is 0.289 e. The van der Waals surface area contributed by atoms with E-state index in [4.69, 9.17) is 0 Å². The van der Waals surface area contributed by atoms with Crippen LogP contribution in [0.5, 0.6) is 0 Å². The molecule has 1 amide bonds. The lowest BCUT2D eigenvalue weighted by Crippen LogP contribution is -2.19. The summed E-state index contributed by atoms with van der Waals surface area (Å²) in [4.78, 5) is 12.6. The lowest BCUT2D eigenvalue weighted by Gasteiger charge is -2.05. The van der Waals surface area contributed by atoms with Crippen LogP contribution in [0, 0.1) is 0 Å². The molecule has 0 bridgehead atoms. The molecule has 1 aromatic heterocycles. The molecule has 0 atom stereocenters. The molecule has 160 valence electrons. The summed E-state index contributed by atoms with van der Waals surface area (Å²) in [7, 11) is 0. The second kappa shape index (κ2) is 8.93. The van der Waals surface area contributed by atoms with Crippen LogP contribution in [0.2, 0.25) is 0 Å². The van der Waals surface area contributed by atoms with E-state index >= 15 is 0 Å². The molecule has 4 aromatic carbocycles. The van der Waals surface area contributed by atoms with Crippen LogP contribution in [0.15, 0.2) is 108 Å². The number of hydrogen-bond donors (Lipinski definition) is 2. The molecule has 0 aliphatic carbocycles. The Labute approximate surface area is 191 Å². The zero-order valence-electron chi connectivity index (χ0n) is 18.1. The second-order valence-corrected chi connectivity index (χ2v) is 7.78. The number of benzene rings is 4. The molecule has 0 spiro atoms. The molecule has 0 unspecified atom stereocenters. The maximum atomic E-state index is 12.6. The monoisotopic (exact) mass is 430 g/mol. The highest BCUT2D eigenvalue weighted by atomic mass is 16.2. The van der Waals surface area contributed by atoms with Gasteiger partial charge >= 0.3 is 0 Å². The summed E-state index contributed by atoms with van der Waals surface area (Å²) in [6, 6.07) is 34.2. The van der Waals surface area contributed by atoms with Crippen LogP contribution in [0.1, 0.15) is 23.0 Å². The molecule has 0 fully saturated rings. The summed E-state index contributed by atoms with van der Waals surface area (Å²) in [6.45, 7) is 1.87. The van der Waals surface area contributed by atoms with E-state index in [1.54, 1.807) is 6.07 Å². The number of carbonyl (C=O) groups excluding carboxylic acids is 1. The quantitative estimate of drug-likeness (QED) is 0.263. The lowest BCUT2D eigenvalue weighted by molar-refractivity contribution is 0.0950. The fourth-order valence-electron chi connectivity index (χ4n) is 3.82. The topological polar surface area (TPSA) is 70.1 Å². The van der Waals surface area contributed by atoms with Gasteiger partial charge in [0.15, 0.2) is 0 Å². The van der Waals surface area contributed by atoms with Gasteiger partial charge in [-0.3, -0.25) is 9.89 Å². The summed E-state index contributed by atoms with van der Waals surface area (Å²) in [5, 5.41) is 13.7. The molecule has 33 heavy (non-hydrogen) atoms. The number of amides is 1. The summed E-state index contributed by atoms with van der Waals surface area (Å²) in [5.74, 6) is -0.339. The first kappa shape index (κ1) is 20.4. The number of fused-ring (bicyclic) bond motifs is 1. The number of aromatic amines is 1. The van der Waals surface area contributed by atoms with Crippen molar-refractivity contribution in [2.45, 2.75) is 6.92 Å². The van der Waals surface area contributed by atoms with Crippen LogP contribution in [-0.4, -0.2) is 21.8 Å². The highest BCUT2D eigenvalue weighted by molar-refractivity contribution is 6.01. The van der Waals surface area contributed by atoms with Gasteiger partial charge in [-0.05, 0) is 40.5 Å². The SMILES string of the molecule is C/C(=N/NC(=O)c1cc(-c2cccc3ccccc23)n[nH]1)c1ccc(-c2ccccc2)cc1. The molecular weight excluding hydrogens is 408 g/mol. The van der Waals surface area contributed by atoms with E-state index in [9.17, 15) is 4.79 Å². The Morgan fingerprint density at radius 3 is 2.33 bits per heavy atom. The van der Waals surface area contributed by atoms with Crippen molar-refractivity contribution in [2.24, 2.45) is 5.10 Å².